The molecule has 0 radical (unpaired) electrons. The number of ether oxygens (including phenoxy) is 3. The molecule has 24 heavy (non-hydrogen) atoms. The van der Waals surface area contributed by atoms with E-state index < -0.39 is 0 Å². The highest BCUT2D eigenvalue weighted by atomic mass is 16.5. The van der Waals surface area contributed by atoms with Crippen molar-refractivity contribution in [2.24, 2.45) is 0 Å². The van der Waals surface area contributed by atoms with Crippen LogP contribution in [0.4, 0.5) is 16.2 Å². The highest BCUT2D eigenvalue weighted by Gasteiger charge is 2.27. The van der Waals surface area contributed by atoms with Gasteiger partial charge in [-0.05, 0) is 18.2 Å². The van der Waals surface area contributed by atoms with E-state index in [1.807, 2.05) is 24.3 Å². The van der Waals surface area contributed by atoms with Crippen molar-refractivity contribution in [3.8, 4) is 17.2 Å². The fourth-order valence-electron chi connectivity index (χ4n) is 3.09. The minimum Gasteiger partial charge on any atom is -0.497 e. The van der Waals surface area contributed by atoms with Crippen LogP contribution in [0.1, 0.15) is 11.1 Å². The van der Waals surface area contributed by atoms with Gasteiger partial charge in [0.1, 0.15) is 17.2 Å². The van der Waals surface area contributed by atoms with E-state index >= 15 is 0 Å². The zero-order chi connectivity index (χ0) is 16.5. The molecule has 0 saturated carbocycles. The predicted molar refractivity (Wildman–Crippen MR) is 90.5 cm³/mol. The minimum atomic E-state index is -0.318. The molecule has 0 unspecified atom stereocenters. The molecule has 0 atom stereocenters. The Kier molecular flexibility index (Phi) is 3.65. The van der Waals surface area contributed by atoms with Gasteiger partial charge in [0.25, 0.3) is 0 Å². The van der Waals surface area contributed by atoms with Crippen LogP contribution in [0.3, 0.4) is 0 Å². The van der Waals surface area contributed by atoms with Crippen LogP contribution in [0.2, 0.25) is 0 Å². The number of rotatable bonds is 3. The summed E-state index contributed by atoms with van der Waals surface area (Å²) < 4.78 is 16.5. The first kappa shape index (κ1) is 14.7. The second kappa shape index (κ2) is 5.96. The topological polar surface area (TPSA) is 68.8 Å². The molecule has 124 valence electrons. The van der Waals surface area contributed by atoms with E-state index in [0.717, 1.165) is 41.2 Å². The van der Waals surface area contributed by atoms with Crippen LogP contribution in [0, 0.1) is 0 Å². The van der Waals surface area contributed by atoms with Gasteiger partial charge in [-0.2, -0.15) is 0 Å². The van der Waals surface area contributed by atoms with E-state index in [0.29, 0.717) is 24.7 Å². The maximum absolute atomic E-state index is 12.4. The van der Waals surface area contributed by atoms with E-state index in [-0.39, 0.29) is 6.03 Å². The number of hydrogen-bond donors (Lipinski definition) is 2. The summed E-state index contributed by atoms with van der Waals surface area (Å²) in [5, 5.41) is 5.75. The lowest BCUT2D eigenvalue weighted by molar-refractivity contribution is 0.262. The Morgan fingerprint density at radius 3 is 2.88 bits per heavy atom. The number of fused-ring (bicyclic) bond motifs is 2. The Labute approximate surface area is 139 Å². The summed E-state index contributed by atoms with van der Waals surface area (Å²) in [7, 11) is 1.59. The Morgan fingerprint density at radius 2 is 2.00 bits per heavy atom. The maximum Gasteiger partial charge on any atom is 0.323 e. The molecule has 6 nitrogen and oxygen atoms in total. The molecule has 2 aliphatic rings. The first-order valence-corrected chi connectivity index (χ1v) is 7.91. The van der Waals surface area contributed by atoms with Gasteiger partial charge in [-0.15, -0.1) is 0 Å². The van der Waals surface area contributed by atoms with E-state index in [9.17, 15) is 4.79 Å². The quantitative estimate of drug-likeness (QED) is 0.909. The summed E-state index contributed by atoms with van der Waals surface area (Å²) >= 11 is 0. The third-order valence-electron chi connectivity index (χ3n) is 4.22. The summed E-state index contributed by atoms with van der Waals surface area (Å²) in [4.78, 5) is 12.4. The highest BCUT2D eigenvalue weighted by Crippen LogP contribution is 2.44. The largest absolute Gasteiger partial charge is 0.497 e. The van der Waals surface area contributed by atoms with Gasteiger partial charge in [0, 0.05) is 35.7 Å². The molecule has 2 heterocycles. The normalized spacial score (nSPS) is 14.2. The number of urea groups is 1. The van der Waals surface area contributed by atoms with Gasteiger partial charge in [-0.1, -0.05) is 6.07 Å². The number of methoxy groups -OCH3 is 1. The number of amides is 2. The number of nitrogens with one attached hydrogen (secondary N) is 2. The molecule has 0 spiro atoms. The zero-order valence-corrected chi connectivity index (χ0v) is 13.3. The van der Waals surface area contributed by atoms with Crippen LogP contribution < -0.4 is 24.8 Å². The van der Waals surface area contributed by atoms with Gasteiger partial charge in [0.05, 0.1) is 26.0 Å². The summed E-state index contributed by atoms with van der Waals surface area (Å²) in [5.41, 5.74) is 3.45. The summed E-state index contributed by atoms with van der Waals surface area (Å²) in [6, 6.07) is 8.92. The molecule has 4 rings (SSSR count). The van der Waals surface area contributed by atoms with Gasteiger partial charge < -0.3 is 24.8 Å². The molecule has 0 bridgehead atoms. The Balaban J connectivity index is 1.58. The van der Waals surface area contributed by atoms with Gasteiger partial charge >= 0.3 is 6.03 Å². The Morgan fingerprint density at radius 1 is 1.12 bits per heavy atom. The van der Waals surface area contributed by atoms with Crippen molar-refractivity contribution in [1.82, 2.24) is 0 Å². The number of hydrogen-bond acceptors (Lipinski definition) is 4. The van der Waals surface area contributed by atoms with Gasteiger partial charge in [0.15, 0.2) is 0 Å². The molecule has 2 aromatic rings. The number of carbonyl (C=O) groups excluding carboxylic acids is 1. The van der Waals surface area contributed by atoms with Crippen molar-refractivity contribution in [1.29, 1.82) is 0 Å². The van der Waals surface area contributed by atoms with Crippen LogP contribution in [-0.4, -0.2) is 26.4 Å². The molecule has 0 aliphatic carbocycles. The lowest BCUT2D eigenvalue weighted by Gasteiger charge is -2.14. The molecule has 2 amide bonds. The van der Waals surface area contributed by atoms with Crippen molar-refractivity contribution >= 4 is 17.4 Å². The molecular weight excluding hydrogens is 308 g/mol. The summed E-state index contributed by atoms with van der Waals surface area (Å²) in [6.45, 7) is 1.26. The second-order valence-corrected chi connectivity index (χ2v) is 5.72. The lowest BCUT2D eigenvalue weighted by atomic mass is 10.0. The minimum absolute atomic E-state index is 0.318. The summed E-state index contributed by atoms with van der Waals surface area (Å²) in [5.74, 6) is 2.29. The van der Waals surface area contributed by atoms with E-state index in [4.69, 9.17) is 14.2 Å². The van der Waals surface area contributed by atoms with E-state index in [1.165, 1.54) is 0 Å². The molecular formula is C18H18N2O4. The van der Waals surface area contributed by atoms with Crippen molar-refractivity contribution in [3.05, 3.63) is 41.5 Å². The highest BCUT2D eigenvalue weighted by molar-refractivity contribution is 6.02. The Bertz CT molecular complexity index is 772. The Hall–Kier alpha value is -2.89. The van der Waals surface area contributed by atoms with E-state index in [2.05, 4.69) is 10.6 Å². The maximum atomic E-state index is 12.4. The third-order valence-corrected chi connectivity index (χ3v) is 4.22. The summed E-state index contributed by atoms with van der Waals surface area (Å²) in [6.07, 6.45) is 1.60. The lowest BCUT2D eigenvalue weighted by Crippen LogP contribution is -2.20. The zero-order valence-electron chi connectivity index (χ0n) is 13.3. The second-order valence-electron chi connectivity index (χ2n) is 5.72. The molecule has 2 N–H and O–H groups in total. The monoisotopic (exact) mass is 326 g/mol. The van der Waals surface area contributed by atoms with Crippen molar-refractivity contribution in [2.45, 2.75) is 12.8 Å². The van der Waals surface area contributed by atoms with Gasteiger partial charge in [-0.25, -0.2) is 4.79 Å². The predicted octanol–water partition coefficient (Wildman–Crippen LogP) is 3.21. The van der Waals surface area contributed by atoms with Crippen molar-refractivity contribution in [3.63, 3.8) is 0 Å². The van der Waals surface area contributed by atoms with Gasteiger partial charge in [0.2, 0.25) is 0 Å². The number of carbonyl (C=O) groups is 1. The van der Waals surface area contributed by atoms with Crippen LogP contribution in [0.5, 0.6) is 17.2 Å². The van der Waals surface area contributed by atoms with Gasteiger partial charge in [-0.3, -0.25) is 0 Å². The van der Waals surface area contributed by atoms with Crippen molar-refractivity contribution in [2.75, 3.05) is 31.0 Å². The smallest absolute Gasteiger partial charge is 0.323 e. The molecule has 6 heteroatoms. The van der Waals surface area contributed by atoms with Crippen molar-refractivity contribution < 1.29 is 19.0 Å². The van der Waals surface area contributed by atoms with E-state index in [1.54, 1.807) is 13.2 Å². The first-order valence-electron chi connectivity index (χ1n) is 7.91. The van der Waals surface area contributed by atoms with Crippen LogP contribution in [0.15, 0.2) is 30.3 Å². The average Bonchev–Trinajstić information content (AvgIpc) is 3.23. The van der Waals surface area contributed by atoms with Crippen LogP contribution in [-0.2, 0) is 12.8 Å². The molecule has 2 aliphatic heterocycles. The third kappa shape index (κ3) is 2.60. The number of anilines is 2. The SMILES string of the molecule is COc1cccc(NC(=O)Nc2c3c(cc4c2OCC4)OCC3)c1. The fourth-order valence-corrected chi connectivity index (χ4v) is 3.09. The molecule has 2 aromatic carbocycles. The fraction of sp³-hybridized carbons (Fsp3) is 0.278. The van der Waals surface area contributed by atoms with Crippen LogP contribution >= 0.6 is 0 Å². The molecule has 0 fully saturated rings. The van der Waals surface area contributed by atoms with Crippen LogP contribution in [0.25, 0.3) is 0 Å². The molecule has 0 aromatic heterocycles. The first-order chi connectivity index (χ1) is 11.7. The number of benzene rings is 2. The standard InChI is InChI=1S/C18H18N2O4/c1-22-13-4-2-3-12(10-13)19-18(21)20-16-14-6-8-23-15(14)9-11-5-7-24-17(11)16/h2-4,9-10H,5-8H2,1H3,(H2,19,20,21). The average molecular weight is 326 g/mol. The molecule has 0 saturated heterocycles.